The van der Waals surface area contributed by atoms with Crippen molar-refractivity contribution in [2.24, 2.45) is 0 Å². The molecule has 1 aromatic heterocycles. The summed E-state index contributed by atoms with van der Waals surface area (Å²) in [6, 6.07) is 17.8. The molecule has 0 fully saturated rings. The van der Waals surface area contributed by atoms with Crippen LogP contribution >= 0.6 is 0 Å². The second-order valence-electron chi connectivity index (χ2n) is 9.99. The number of amides is 2. The molecule has 0 aliphatic heterocycles. The Hall–Kier alpha value is -4.60. The molecule has 2 amide bonds. The normalized spacial score (nSPS) is 12.1. The summed E-state index contributed by atoms with van der Waals surface area (Å²) < 4.78 is 13.8. The molecule has 9 nitrogen and oxygen atoms in total. The molecule has 0 saturated carbocycles. The minimum Gasteiger partial charge on any atom is -0.508 e. The molecule has 2 N–H and O–H groups in total. The Morgan fingerprint density at radius 2 is 1.74 bits per heavy atom. The molecule has 196 valence electrons. The van der Waals surface area contributed by atoms with E-state index in [0.717, 1.165) is 15.9 Å². The Labute approximate surface area is 219 Å². The van der Waals surface area contributed by atoms with Crippen molar-refractivity contribution in [2.45, 2.75) is 45.8 Å². The second kappa shape index (κ2) is 10.8. The molecule has 0 radical (unpaired) electrons. The van der Waals surface area contributed by atoms with E-state index in [0.29, 0.717) is 11.4 Å². The van der Waals surface area contributed by atoms with Gasteiger partial charge in [0.15, 0.2) is 0 Å². The van der Waals surface area contributed by atoms with Crippen LogP contribution in [0.4, 0.5) is 10.1 Å². The van der Waals surface area contributed by atoms with Crippen molar-refractivity contribution in [2.75, 3.05) is 4.90 Å². The van der Waals surface area contributed by atoms with Crippen LogP contribution in [0.3, 0.4) is 0 Å². The van der Waals surface area contributed by atoms with Crippen LogP contribution in [0.5, 0.6) is 5.75 Å². The highest BCUT2D eigenvalue weighted by atomic mass is 19.1. The minimum absolute atomic E-state index is 0.0880. The van der Waals surface area contributed by atoms with Crippen LogP contribution < -0.4 is 10.2 Å². The Morgan fingerprint density at radius 3 is 2.37 bits per heavy atom. The summed E-state index contributed by atoms with van der Waals surface area (Å²) in [6.45, 7) is 7.09. The fourth-order valence-corrected chi connectivity index (χ4v) is 3.91. The van der Waals surface area contributed by atoms with Crippen LogP contribution in [0.15, 0.2) is 72.8 Å². The number of carbonyl (C=O) groups is 2. The standard InChI is InChI=1S/C28H29FN6O3/c1-18-8-10-20(11-9-18)26-31-33-34(32-26)17-24(37)35(22-6-5-7-23(36)16-22)25(27(38)30-28(2,3)4)19-12-14-21(29)15-13-19/h5-16,25,36H,17H2,1-4H3,(H,30,38)/t25-/m1/s1. The van der Waals surface area contributed by atoms with Gasteiger partial charge in [-0.3, -0.25) is 14.5 Å². The number of hydrogen-bond donors (Lipinski definition) is 2. The van der Waals surface area contributed by atoms with Gasteiger partial charge in [-0.1, -0.05) is 48.0 Å². The van der Waals surface area contributed by atoms with E-state index < -0.39 is 29.2 Å². The summed E-state index contributed by atoms with van der Waals surface area (Å²) in [6.07, 6.45) is 0. The zero-order valence-corrected chi connectivity index (χ0v) is 21.6. The third kappa shape index (κ3) is 6.39. The van der Waals surface area contributed by atoms with Crippen molar-refractivity contribution >= 4 is 17.5 Å². The van der Waals surface area contributed by atoms with Crippen LogP contribution in [-0.2, 0) is 16.1 Å². The lowest BCUT2D eigenvalue weighted by atomic mass is 10.0. The number of anilines is 1. The third-order valence-corrected chi connectivity index (χ3v) is 5.61. The number of rotatable bonds is 7. The van der Waals surface area contributed by atoms with Gasteiger partial charge in [0.05, 0.1) is 0 Å². The van der Waals surface area contributed by atoms with Gasteiger partial charge in [0.2, 0.25) is 11.7 Å². The summed E-state index contributed by atoms with van der Waals surface area (Å²) in [5, 5.41) is 25.5. The molecule has 3 aromatic carbocycles. The number of aryl methyl sites for hydroxylation is 1. The first-order valence-corrected chi connectivity index (χ1v) is 12.0. The number of hydrogen-bond acceptors (Lipinski definition) is 6. The Balaban J connectivity index is 1.74. The number of phenols is 1. The van der Waals surface area contributed by atoms with Gasteiger partial charge in [-0.25, -0.2) is 4.39 Å². The zero-order chi connectivity index (χ0) is 27.4. The van der Waals surface area contributed by atoms with E-state index in [4.69, 9.17) is 0 Å². The largest absolute Gasteiger partial charge is 0.508 e. The Morgan fingerprint density at radius 1 is 1.05 bits per heavy atom. The number of phenolic OH excluding ortho intramolecular Hbond substituents is 1. The van der Waals surface area contributed by atoms with Crippen molar-refractivity contribution in [1.29, 1.82) is 0 Å². The fraction of sp³-hybridized carbons (Fsp3) is 0.250. The average Bonchev–Trinajstić information content (AvgIpc) is 3.30. The van der Waals surface area contributed by atoms with Crippen molar-refractivity contribution < 1.29 is 19.1 Å². The maximum atomic E-state index is 13.8. The highest BCUT2D eigenvalue weighted by Gasteiger charge is 2.35. The number of halogens is 1. The summed E-state index contributed by atoms with van der Waals surface area (Å²) in [7, 11) is 0. The number of aromatic nitrogens is 4. The molecule has 10 heteroatoms. The first-order valence-electron chi connectivity index (χ1n) is 12.0. The smallest absolute Gasteiger partial charge is 0.251 e. The molecule has 1 heterocycles. The SMILES string of the molecule is Cc1ccc(-c2nnn(CC(=O)N(c3cccc(O)c3)[C@@H](C(=O)NC(C)(C)C)c3ccc(F)cc3)n2)cc1. The monoisotopic (exact) mass is 516 g/mol. The molecular weight excluding hydrogens is 487 g/mol. The summed E-state index contributed by atoms with van der Waals surface area (Å²) in [5.74, 6) is -1.24. The number of carbonyl (C=O) groups excluding carboxylic acids is 2. The molecule has 1 atom stereocenters. The molecule has 4 rings (SSSR count). The topological polar surface area (TPSA) is 113 Å². The van der Waals surface area contributed by atoms with Gasteiger partial charge in [-0.05, 0) is 62.7 Å². The van der Waals surface area contributed by atoms with Gasteiger partial charge in [0.25, 0.3) is 5.91 Å². The lowest BCUT2D eigenvalue weighted by Gasteiger charge is -2.33. The number of aromatic hydroxyl groups is 1. The van der Waals surface area contributed by atoms with E-state index in [9.17, 15) is 19.1 Å². The minimum atomic E-state index is -1.18. The molecule has 0 saturated heterocycles. The first-order chi connectivity index (χ1) is 18.0. The average molecular weight is 517 g/mol. The Bertz CT molecular complexity index is 1430. The molecular formula is C28H29FN6O3. The maximum absolute atomic E-state index is 13.8. The van der Waals surface area contributed by atoms with E-state index in [1.54, 1.807) is 12.1 Å². The summed E-state index contributed by atoms with van der Waals surface area (Å²) >= 11 is 0. The van der Waals surface area contributed by atoms with Crippen molar-refractivity contribution in [3.05, 3.63) is 89.7 Å². The van der Waals surface area contributed by atoms with Gasteiger partial charge in [0.1, 0.15) is 24.2 Å². The summed E-state index contributed by atoms with van der Waals surface area (Å²) in [4.78, 5) is 29.8. The van der Waals surface area contributed by atoms with E-state index in [-0.39, 0.29) is 18.0 Å². The number of nitrogens with one attached hydrogen (secondary N) is 1. The first kappa shape index (κ1) is 26.5. The van der Waals surface area contributed by atoms with Gasteiger partial charge >= 0.3 is 0 Å². The van der Waals surface area contributed by atoms with Crippen LogP contribution in [-0.4, -0.2) is 42.7 Å². The predicted octanol–water partition coefficient (Wildman–Crippen LogP) is 4.18. The number of nitrogens with zero attached hydrogens (tertiary/aromatic N) is 5. The highest BCUT2D eigenvalue weighted by Crippen LogP contribution is 2.31. The molecule has 0 unspecified atom stereocenters. The molecule has 0 bridgehead atoms. The maximum Gasteiger partial charge on any atom is 0.251 e. The number of tetrazole rings is 1. The number of benzene rings is 3. The van der Waals surface area contributed by atoms with Gasteiger partial charge in [-0.2, -0.15) is 4.80 Å². The quantitative estimate of drug-likeness (QED) is 0.381. The molecule has 0 spiro atoms. The van der Waals surface area contributed by atoms with Crippen LogP contribution in [0, 0.1) is 12.7 Å². The van der Waals surface area contributed by atoms with Gasteiger partial charge < -0.3 is 10.4 Å². The fourth-order valence-electron chi connectivity index (χ4n) is 3.91. The zero-order valence-electron chi connectivity index (χ0n) is 21.6. The van der Waals surface area contributed by atoms with E-state index in [1.165, 1.54) is 41.3 Å². The van der Waals surface area contributed by atoms with E-state index in [1.807, 2.05) is 52.0 Å². The van der Waals surface area contributed by atoms with E-state index >= 15 is 0 Å². The third-order valence-electron chi connectivity index (χ3n) is 5.61. The van der Waals surface area contributed by atoms with Crippen molar-refractivity contribution in [1.82, 2.24) is 25.5 Å². The Kier molecular flexibility index (Phi) is 7.52. The summed E-state index contributed by atoms with van der Waals surface area (Å²) in [5.41, 5.74) is 1.87. The molecule has 0 aliphatic carbocycles. The lowest BCUT2D eigenvalue weighted by Crippen LogP contribution is -2.50. The van der Waals surface area contributed by atoms with Gasteiger partial charge in [0, 0.05) is 22.9 Å². The highest BCUT2D eigenvalue weighted by molar-refractivity contribution is 6.01. The van der Waals surface area contributed by atoms with Crippen LogP contribution in [0.1, 0.15) is 37.9 Å². The predicted molar refractivity (Wildman–Crippen MR) is 141 cm³/mol. The van der Waals surface area contributed by atoms with Gasteiger partial charge in [-0.15, -0.1) is 10.2 Å². The molecule has 0 aliphatic rings. The van der Waals surface area contributed by atoms with Crippen LogP contribution in [0.25, 0.3) is 11.4 Å². The van der Waals surface area contributed by atoms with Crippen molar-refractivity contribution in [3.8, 4) is 17.1 Å². The van der Waals surface area contributed by atoms with Crippen molar-refractivity contribution in [3.63, 3.8) is 0 Å². The van der Waals surface area contributed by atoms with Crippen LogP contribution in [0.2, 0.25) is 0 Å². The molecule has 4 aromatic rings. The van der Waals surface area contributed by atoms with E-state index in [2.05, 4.69) is 20.7 Å². The second-order valence-corrected chi connectivity index (χ2v) is 9.99. The molecule has 38 heavy (non-hydrogen) atoms. The lowest BCUT2D eigenvalue weighted by molar-refractivity contribution is -0.128.